The van der Waals surface area contributed by atoms with Gasteiger partial charge in [-0.25, -0.2) is 0 Å². The van der Waals surface area contributed by atoms with Crippen LogP contribution in [0.15, 0.2) is 0 Å². The molecule has 0 unspecified atom stereocenters. The van der Waals surface area contributed by atoms with E-state index in [9.17, 15) is 4.79 Å². The molecule has 0 radical (unpaired) electrons. The van der Waals surface area contributed by atoms with Gasteiger partial charge in [0, 0.05) is 31.0 Å². The number of carbonyl (C=O) groups is 1. The van der Waals surface area contributed by atoms with Gasteiger partial charge in [0.25, 0.3) is 0 Å². The molecule has 1 amide bonds. The number of hydrogen-bond acceptors (Lipinski definition) is 3. The van der Waals surface area contributed by atoms with Crippen LogP contribution >= 0.6 is 0 Å². The number of ether oxygens (including phenoxy) is 1. The van der Waals surface area contributed by atoms with E-state index >= 15 is 0 Å². The van der Waals surface area contributed by atoms with Gasteiger partial charge in [0.2, 0.25) is 5.91 Å². The van der Waals surface area contributed by atoms with E-state index in [-0.39, 0.29) is 5.91 Å². The van der Waals surface area contributed by atoms with Gasteiger partial charge in [0.15, 0.2) is 0 Å². The van der Waals surface area contributed by atoms with Crippen LogP contribution < -0.4 is 5.32 Å². The van der Waals surface area contributed by atoms with E-state index in [0.717, 1.165) is 26.3 Å². The van der Waals surface area contributed by atoms with E-state index < -0.39 is 0 Å². The predicted octanol–water partition coefficient (Wildman–Crippen LogP) is -0.937. The molecule has 0 aromatic heterocycles. The highest BCUT2D eigenvalue weighted by molar-refractivity contribution is 5.79. The lowest BCUT2D eigenvalue weighted by molar-refractivity contribution is -0.133. The fourth-order valence-corrected chi connectivity index (χ4v) is 2.61. The molecular weight excluding hydrogens is 168 g/mol. The van der Waals surface area contributed by atoms with Gasteiger partial charge in [-0.15, -0.1) is 0 Å². The number of piperazine rings is 1. The minimum Gasteiger partial charge on any atom is -0.381 e. The Morgan fingerprint density at radius 2 is 2.15 bits per heavy atom. The smallest absolute Gasteiger partial charge is 0.236 e. The van der Waals surface area contributed by atoms with Crippen LogP contribution in [0.3, 0.4) is 0 Å². The Labute approximate surface area is 77.2 Å². The van der Waals surface area contributed by atoms with Crippen LogP contribution in [0.1, 0.15) is 0 Å². The number of amides is 1. The van der Waals surface area contributed by atoms with Crippen molar-refractivity contribution < 1.29 is 9.53 Å². The first-order chi connectivity index (χ1) is 6.38. The van der Waals surface area contributed by atoms with Gasteiger partial charge in [-0.3, -0.25) is 4.79 Å². The van der Waals surface area contributed by atoms with Crippen LogP contribution in [0.2, 0.25) is 0 Å². The third kappa shape index (κ3) is 1.09. The van der Waals surface area contributed by atoms with Crippen molar-refractivity contribution in [2.75, 3.05) is 32.8 Å². The predicted molar refractivity (Wildman–Crippen MR) is 46.2 cm³/mol. The third-order valence-corrected chi connectivity index (χ3v) is 3.39. The summed E-state index contributed by atoms with van der Waals surface area (Å²) < 4.78 is 5.31. The van der Waals surface area contributed by atoms with Gasteiger partial charge in [-0.2, -0.15) is 0 Å². The van der Waals surface area contributed by atoms with Crippen LogP contribution in [-0.4, -0.2) is 49.7 Å². The average Bonchev–Trinajstić information content (AvgIpc) is 2.61. The number of carbonyl (C=O) groups excluding carboxylic acids is 1. The molecule has 0 spiro atoms. The van der Waals surface area contributed by atoms with E-state index in [1.165, 1.54) is 0 Å². The van der Waals surface area contributed by atoms with Crippen molar-refractivity contribution in [3.8, 4) is 0 Å². The number of rotatable bonds is 1. The number of fused-ring (bicyclic) bond motifs is 1. The van der Waals surface area contributed by atoms with E-state index in [0.29, 0.717) is 24.4 Å². The summed E-state index contributed by atoms with van der Waals surface area (Å²) in [7, 11) is 0. The Kier molecular flexibility index (Phi) is 1.60. The Morgan fingerprint density at radius 3 is 2.85 bits per heavy atom. The van der Waals surface area contributed by atoms with Crippen LogP contribution in [0.5, 0.6) is 0 Å². The molecule has 4 heteroatoms. The molecule has 1 aliphatic carbocycles. The highest BCUT2D eigenvalue weighted by Gasteiger charge is 2.58. The van der Waals surface area contributed by atoms with Crippen molar-refractivity contribution in [2.45, 2.75) is 6.04 Å². The van der Waals surface area contributed by atoms with Gasteiger partial charge < -0.3 is 15.0 Å². The summed E-state index contributed by atoms with van der Waals surface area (Å²) in [6.07, 6.45) is 0. The summed E-state index contributed by atoms with van der Waals surface area (Å²) in [6.45, 7) is 4.09. The third-order valence-electron chi connectivity index (χ3n) is 3.39. The molecule has 1 saturated carbocycles. The van der Waals surface area contributed by atoms with E-state index in [1.807, 2.05) is 4.90 Å². The Hall–Kier alpha value is -0.610. The van der Waals surface area contributed by atoms with Crippen molar-refractivity contribution in [1.82, 2.24) is 10.2 Å². The molecule has 0 aromatic rings. The quantitative estimate of drug-likeness (QED) is 0.569. The maximum absolute atomic E-state index is 11.5. The second-order valence-electron chi connectivity index (χ2n) is 4.12. The van der Waals surface area contributed by atoms with Gasteiger partial charge in [0.05, 0.1) is 19.8 Å². The molecule has 4 nitrogen and oxygen atoms in total. The van der Waals surface area contributed by atoms with Gasteiger partial charge in [-0.1, -0.05) is 0 Å². The number of nitrogens with one attached hydrogen (secondary N) is 1. The molecule has 3 fully saturated rings. The molecule has 0 bridgehead atoms. The van der Waals surface area contributed by atoms with Crippen LogP contribution in [0.25, 0.3) is 0 Å². The summed E-state index contributed by atoms with van der Waals surface area (Å²) in [5, 5.41) is 3.09. The van der Waals surface area contributed by atoms with Gasteiger partial charge in [0.1, 0.15) is 0 Å². The lowest BCUT2D eigenvalue weighted by Gasteiger charge is -2.29. The van der Waals surface area contributed by atoms with Gasteiger partial charge in [-0.05, 0) is 0 Å². The molecule has 3 rings (SSSR count). The van der Waals surface area contributed by atoms with Crippen molar-refractivity contribution in [2.24, 2.45) is 11.8 Å². The zero-order valence-corrected chi connectivity index (χ0v) is 7.53. The van der Waals surface area contributed by atoms with E-state index in [2.05, 4.69) is 5.32 Å². The topological polar surface area (TPSA) is 41.6 Å². The van der Waals surface area contributed by atoms with Gasteiger partial charge >= 0.3 is 0 Å². The molecule has 72 valence electrons. The first-order valence-electron chi connectivity index (χ1n) is 4.96. The highest BCUT2D eigenvalue weighted by atomic mass is 16.5. The maximum atomic E-state index is 11.5. The maximum Gasteiger partial charge on any atom is 0.236 e. The van der Waals surface area contributed by atoms with E-state index in [1.54, 1.807) is 0 Å². The average molecular weight is 182 g/mol. The molecule has 3 aliphatic rings. The fraction of sp³-hybridized carbons (Fsp3) is 0.889. The minimum absolute atomic E-state index is 0.269. The standard InChI is InChI=1S/C9H14N2O2/c12-8-3-10-1-2-11(8)9-6-4-13-5-7(6)9/h6-7,9-10H,1-5H2/t6-,7-/m0/s1. The summed E-state index contributed by atoms with van der Waals surface area (Å²) in [4.78, 5) is 13.6. The first kappa shape index (κ1) is 7.76. The lowest BCUT2D eigenvalue weighted by Crippen LogP contribution is -2.50. The minimum atomic E-state index is 0.269. The molecule has 1 N–H and O–H groups in total. The molecule has 13 heavy (non-hydrogen) atoms. The summed E-state index contributed by atoms with van der Waals surface area (Å²) in [6, 6.07) is 0.517. The zero-order chi connectivity index (χ0) is 8.84. The number of nitrogens with zero attached hydrogens (tertiary/aromatic N) is 1. The normalized spacial score (nSPS) is 43.5. The first-order valence-corrected chi connectivity index (χ1v) is 4.96. The summed E-state index contributed by atoms with van der Waals surface area (Å²) in [5.41, 5.74) is 0. The van der Waals surface area contributed by atoms with Crippen LogP contribution in [0, 0.1) is 11.8 Å². The fourth-order valence-electron chi connectivity index (χ4n) is 2.61. The van der Waals surface area contributed by atoms with Crippen molar-refractivity contribution in [3.05, 3.63) is 0 Å². The Morgan fingerprint density at radius 1 is 1.38 bits per heavy atom. The molecular formula is C9H14N2O2. The second-order valence-corrected chi connectivity index (χ2v) is 4.12. The number of hydrogen-bond donors (Lipinski definition) is 1. The Balaban J connectivity index is 1.68. The molecule has 0 aromatic carbocycles. The highest BCUT2D eigenvalue weighted by Crippen LogP contribution is 2.47. The van der Waals surface area contributed by atoms with E-state index in [4.69, 9.17) is 4.74 Å². The molecule has 2 saturated heterocycles. The largest absolute Gasteiger partial charge is 0.381 e. The van der Waals surface area contributed by atoms with Crippen LogP contribution in [-0.2, 0) is 9.53 Å². The van der Waals surface area contributed by atoms with Crippen molar-refractivity contribution in [3.63, 3.8) is 0 Å². The molecule has 2 heterocycles. The summed E-state index contributed by atoms with van der Waals surface area (Å²) in [5.74, 6) is 1.58. The van der Waals surface area contributed by atoms with Crippen LogP contribution in [0.4, 0.5) is 0 Å². The monoisotopic (exact) mass is 182 g/mol. The SMILES string of the molecule is O=C1CNCCN1C1[C@H]2COC[C@H]12. The van der Waals surface area contributed by atoms with Crippen molar-refractivity contribution >= 4 is 5.91 Å². The lowest BCUT2D eigenvalue weighted by atomic mass is 10.3. The molecule has 2 atom stereocenters. The zero-order valence-electron chi connectivity index (χ0n) is 7.53. The second kappa shape index (κ2) is 2.69. The summed E-state index contributed by atoms with van der Waals surface area (Å²) >= 11 is 0. The Bertz CT molecular complexity index is 234. The molecule has 2 aliphatic heterocycles. The van der Waals surface area contributed by atoms with Crippen molar-refractivity contribution in [1.29, 1.82) is 0 Å².